The van der Waals surface area contributed by atoms with E-state index in [9.17, 15) is 4.79 Å². The molecule has 0 saturated carbocycles. The third kappa shape index (κ3) is 1.76. The minimum Gasteiger partial charge on any atom is -0.462 e. The number of aldehydes is 1. The monoisotopic (exact) mass is 128 g/mol. The maximum atomic E-state index is 9.84. The van der Waals surface area contributed by atoms with Crippen LogP contribution in [0.25, 0.3) is 0 Å². The molecule has 0 radical (unpaired) electrons. The van der Waals surface area contributed by atoms with Gasteiger partial charge >= 0.3 is 0 Å². The number of ether oxygens (including phenoxy) is 2. The van der Waals surface area contributed by atoms with Crippen LogP contribution in [0.4, 0.5) is 0 Å². The lowest BCUT2D eigenvalue weighted by Gasteiger charge is -1.94. The van der Waals surface area contributed by atoms with Crippen molar-refractivity contribution in [2.24, 2.45) is 0 Å². The van der Waals surface area contributed by atoms with Crippen LogP contribution >= 0.6 is 0 Å². The van der Waals surface area contributed by atoms with Crippen LogP contribution in [-0.2, 0) is 14.3 Å². The SMILES string of the molecule is O=CCCC1=COCO1. The zero-order chi connectivity index (χ0) is 6.53. The van der Waals surface area contributed by atoms with Crippen molar-refractivity contribution < 1.29 is 14.3 Å². The summed E-state index contributed by atoms with van der Waals surface area (Å²) >= 11 is 0. The van der Waals surface area contributed by atoms with Crippen molar-refractivity contribution in [1.29, 1.82) is 0 Å². The van der Waals surface area contributed by atoms with Gasteiger partial charge in [-0.1, -0.05) is 0 Å². The summed E-state index contributed by atoms with van der Waals surface area (Å²) in [4.78, 5) is 9.84. The highest BCUT2D eigenvalue weighted by Gasteiger charge is 2.03. The predicted octanol–water partition coefficient (Wildman–Crippen LogP) is 0.811. The molecular weight excluding hydrogens is 120 g/mol. The second-order valence-corrected chi connectivity index (χ2v) is 1.72. The summed E-state index contributed by atoms with van der Waals surface area (Å²) in [5.74, 6) is 0.766. The van der Waals surface area contributed by atoms with Crippen LogP contribution in [0.2, 0.25) is 0 Å². The van der Waals surface area contributed by atoms with Gasteiger partial charge in [-0.15, -0.1) is 0 Å². The van der Waals surface area contributed by atoms with E-state index < -0.39 is 0 Å². The smallest absolute Gasteiger partial charge is 0.229 e. The summed E-state index contributed by atoms with van der Waals surface area (Å²) < 4.78 is 9.69. The Labute approximate surface area is 53.3 Å². The first-order chi connectivity index (χ1) is 4.43. The van der Waals surface area contributed by atoms with E-state index in [1.165, 1.54) is 0 Å². The third-order valence-electron chi connectivity index (χ3n) is 1.04. The highest BCUT2D eigenvalue weighted by Crippen LogP contribution is 2.11. The first kappa shape index (κ1) is 6.13. The molecule has 0 unspecified atom stereocenters. The summed E-state index contributed by atoms with van der Waals surface area (Å²) in [6, 6.07) is 0. The molecule has 1 rings (SSSR count). The Morgan fingerprint density at radius 1 is 1.78 bits per heavy atom. The van der Waals surface area contributed by atoms with Gasteiger partial charge in [-0.25, -0.2) is 0 Å². The van der Waals surface area contributed by atoms with Gasteiger partial charge in [-0.2, -0.15) is 0 Å². The van der Waals surface area contributed by atoms with Crippen molar-refractivity contribution in [1.82, 2.24) is 0 Å². The van der Waals surface area contributed by atoms with Gasteiger partial charge in [-0.05, 0) is 0 Å². The van der Waals surface area contributed by atoms with Gasteiger partial charge in [0.15, 0.2) is 0 Å². The minimum absolute atomic E-state index is 0.300. The Bertz CT molecular complexity index is 128. The maximum Gasteiger partial charge on any atom is 0.229 e. The molecule has 9 heavy (non-hydrogen) atoms. The standard InChI is InChI=1S/C6H8O3/c7-3-1-2-6-4-8-5-9-6/h3-4H,1-2,5H2. The average molecular weight is 128 g/mol. The number of hydrogen-bond donors (Lipinski definition) is 0. The van der Waals surface area contributed by atoms with E-state index in [4.69, 9.17) is 9.47 Å². The lowest BCUT2D eigenvalue weighted by atomic mass is 10.3. The number of hydrogen-bond acceptors (Lipinski definition) is 3. The second kappa shape index (κ2) is 3.12. The predicted molar refractivity (Wildman–Crippen MR) is 30.4 cm³/mol. The van der Waals surface area contributed by atoms with Gasteiger partial charge < -0.3 is 14.3 Å². The van der Waals surface area contributed by atoms with Crippen LogP contribution < -0.4 is 0 Å². The molecule has 0 aromatic rings. The van der Waals surface area contributed by atoms with Crippen LogP contribution in [-0.4, -0.2) is 13.1 Å². The van der Waals surface area contributed by atoms with E-state index >= 15 is 0 Å². The largest absolute Gasteiger partial charge is 0.462 e. The first-order valence-corrected chi connectivity index (χ1v) is 2.80. The van der Waals surface area contributed by atoms with E-state index in [-0.39, 0.29) is 0 Å². The van der Waals surface area contributed by atoms with Crippen molar-refractivity contribution in [3.8, 4) is 0 Å². The Morgan fingerprint density at radius 3 is 3.22 bits per heavy atom. The topological polar surface area (TPSA) is 35.5 Å². The average Bonchev–Trinajstić information content (AvgIpc) is 2.34. The molecular formula is C6H8O3. The molecule has 3 heteroatoms. The lowest BCUT2D eigenvalue weighted by molar-refractivity contribution is -0.107. The zero-order valence-corrected chi connectivity index (χ0v) is 5.00. The van der Waals surface area contributed by atoms with Crippen molar-refractivity contribution in [3.05, 3.63) is 12.0 Å². The summed E-state index contributed by atoms with van der Waals surface area (Å²) in [5.41, 5.74) is 0. The van der Waals surface area contributed by atoms with Crippen molar-refractivity contribution >= 4 is 6.29 Å². The van der Waals surface area contributed by atoms with Gasteiger partial charge in [0, 0.05) is 12.8 Å². The fourth-order valence-electron chi connectivity index (χ4n) is 0.603. The van der Waals surface area contributed by atoms with Crippen LogP contribution in [0.3, 0.4) is 0 Å². The molecule has 1 heterocycles. The van der Waals surface area contributed by atoms with E-state index in [1.807, 2.05) is 0 Å². The molecule has 0 N–H and O–H groups in total. The first-order valence-electron chi connectivity index (χ1n) is 2.80. The fraction of sp³-hybridized carbons (Fsp3) is 0.500. The molecule has 0 aliphatic carbocycles. The molecule has 0 aromatic carbocycles. The Hall–Kier alpha value is -0.990. The van der Waals surface area contributed by atoms with Crippen molar-refractivity contribution in [2.45, 2.75) is 12.8 Å². The van der Waals surface area contributed by atoms with E-state index in [0.717, 1.165) is 12.0 Å². The molecule has 0 amide bonds. The normalized spacial score (nSPS) is 15.8. The molecule has 3 nitrogen and oxygen atoms in total. The fourth-order valence-corrected chi connectivity index (χ4v) is 0.603. The van der Waals surface area contributed by atoms with Gasteiger partial charge in [0.05, 0.1) is 0 Å². The summed E-state index contributed by atoms with van der Waals surface area (Å²) in [5, 5.41) is 0. The van der Waals surface area contributed by atoms with Crippen molar-refractivity contribution in [3.63, 3.8) is 0 Å². The highest BCUT2D eigenvalue weighted by molar-refractivity contribution is 5.49. The molecule has 1 aliphatic heterocycles. The van der Waals surface area contributed by atoms with Gasteiger partial charge in [0.25, 0.3) is 0 Å². The van der Waals surface area contributed by atoms with Crippen LogP contribution in [0.5, 0.6) is 0 Å². The van der Waals surface area contributed by atoms with E-state index in [2.05, 4.69) is 0 Å². The Morgan fingerprint density at radius 2 is 2.67 bits per heavy atom. The lowest BCUT2D eigenvalue weighted by Crippen LogP contribution is -1.85. The molecule has 0 saturated heterocycles. The van der Waals surface area contributed by atoms with Crippen molar-refractivity contribution in [2.75, 3.05) is 6.79 Å². The molecule has 0 spiro atoms. The number of carbonyl (C=O) groups is 1. The quantitative estimate of drug-likeness (QED) is 0.527. The molecule has 0 aromatic heterocycles. The number of carbonyl (C=O) groups excluding carboxylic acids is 1. The summed E-state index contributed by atoms with van der Waals surface area (Å²) in [6.45, 7) is 0.300. The molecule has 1 aliphatic rings. The highest BCUT2D eigenvalue weighted by atomic mass is 16.7. The number of allylic oxidation sites excluding steroid dienone is 1. The molecule has 50 valence electrons. The van der Waals surface area contributed by atoms with Crippen LogP contribution in [0.1, 0.15) is 12.8 Å². The van der Waals surface area contributed by atoms with E-state index in [1.54, 1.807) is 6.26 Å². The van der Waals surface area contributed by atoms with Crippen LogP contribution in [0, 0.1) is 0 Å². The maximum absolute atomic E-state index is 9.84. The minimum atomic E-state index is 0.300. The summed E-state index contributed by atoms with van der Waals surface area (Å²) in [7, 11) is 0. The van der Waals surface area contributed by atoms with Gasteiger partial charge in [0.2, 0.25) is 6.79 Å². The second-order valence-electron chi connectivity index (χ2n) is 1.72. The third-order valence-corrected chi connectivity index (χ3v) is 1.04. The molecule has 0 bridgehead atoms. The summed E-state index contributed by atoms with van der Waals surface area (Å²) in [6.07, 6.45) is 3.57. The molecule has 0 atom stereocenters. The number of rotatable bonds is 3. The van der Waals surface area contributed by atoms with Gasteiger partial charge in [0.1, 0.15) is 18.3 Å². The Kier molecular flexibility index (Phi) is 2.13. The van der Waals surface area contributed by atoms with Gasteiger partial charge in [-0.3, -0.25) is 0 Å². The molecule has 0 fully saturated rings. The van der Waals surface area contributed by atoms with Crippen LogP contribution in [0.15, 0.2) is 12.0 Å². The Balaban J connectivity index is 2.18. The van der Waals surface area contributed by atoms with E-state index in [0.29, 0.717) is 19.6 Å². The zero-order valence-electron chi connectivity index (χ0n) is 5.00.